The van der Waals surface area contributed by atoms with Crippen molar-refractivity contribution in [3.8, 4) is 11.1 Å². The Morgan fingerprint density at radius 3 is 2.83 bits per heavy atom. The van der Waals surface area contributed by atoms with Gasteiger partial charge < -0.3 is 10.5 Å². The molecule has 1 fully saturated rings. The number of benzene rings is 1. The van der Waals surface area contributed by atoms with Crippen LogP contribution in [0, 0.1) is 11.7 Å². The Bertz CT molecular complexity index is 770. The molecule has 5 nitrogen and oxygen atoms in total. The van der Waals surface area contributed by atoms with Crippen LogP contribution < -0.4 is 5.73 Å². The number of amidine groups is 1. The van der Waals surface area contributed by atoms with Gasteiger partial charge >= 0.3 is 0 Å². The van der Waals surface area contributed by atoms with Crippen molar-refractivity contribution in [1.29, 1.82) is 0 Å². The molecule has 0 unspecified atom stereocenters. The summed E-state index contributed by atoms with van der Waals surface area (Å²) in [7, 11) is 0. The molecule has 4 rings (SSSR count). The van der Waals surface area contributed by atoms with Crippen molar-refractivity contribution in [2.45, 2.75) is 13.0 Å². The second-order valence-electron chi connectivity index (χ2n) is 5.72. The molecule has 3 heterocycles. The SMILES string of the molecule is C.NC1=N[C@@]2(c3cc(-c4cncnc4)ccc3F)COC[C@H]2CS1. The van der Waals surface area contributed by atoms with E-state index in [2.05, 4.69) is 15.0 Å². The summed E-state index contributed by atoms with van der Waals surface area (Å²) in [5, 5.41) is 0.486. The minimum atomic E-state index is -0.731. The summed E-state index contributed by atoms with van der Waals surface area (Å²) in [6, 6.07) is 5.02. The number of hydrogen-bond acceptors (Lipinski definition) is 6. The molecule has 0 bridgehead atoms. The quantitative estimate of drug-likeness (QED) is 0.905. The van der Waals surface area contributed by atoms with Crippen LogP contribution >= 0.6 is 11.8 Å². The van der Waals surface area contributed by atoms with Crippen LogP contribution in [-0.4, -0.2) is 34.1 Å². The Labute approximate surface area is 144 Å². The van der Waals surface area contributed by atoms with Crippen LogP contribution in [0.25, 0.3) is 11.1 Å². The number of halogens is 1. The molecule has 126 valence electrons. The summed E-state index contributed by atoms with van der Waals surface area (Å²) in [5.41, 5.74) is 7.42. The highest BCUT2D eigenvalue weighted by Gasteiger charge is 2.49. The van der Waals surface area contributed by atoms with Crippen LogP contribution in [0.2, 0.25) is 0 Å². The summed E-state index contributed by atoms with van der Waals surface area (Å²) >= 11 is 1.50. The zero-order chi connectivity index (χ0) is 15.9. The lowest BCUT2D eigenvalue weighted by Gasteiger charge is -2.34. The minimum Gasteiger partial charge on any atom is -0.379 e. The molecule has 2 atom stereocenters. The van der Waals surface area contributed by atoms with Gasteiger partial charge in [-0.05, 0) is 17.7 Å². The normalized spacial score (nSPS) is 25.5. The summed E-state index contributed by atoms with van der Waals surface area (Å²) in [6.45, 7) is 0.923. The maximum absolute atomic E-state index is 14.6. The van der Waals surface area contributed by atoms with Gasteiger partial charge in [0.1, 0.15) is 17.7 Å². The molecule has 2 aliphatic heterocycles. The first-order valence-corrected chi connectivity index (χ1v) is 8.29. The number of aliphatic imine (C=N–C) groups is 1. The van der Waals surface area contributed by atoms with Crippen LogP contribution in [0.3, 0.4) is 0 Å². The standard InChI is InChI=1S/C16H15FN4OS.CH4/c17-14-2-1-10(11-4-19-9-20-5-11)3-13(14)16-8-22-6-12(16)7-23-15(18)21-16;/h1-5,9,12H,6-8H2,(H2,18,21);1H4/t12-,16-;/m0./s1. The molecule has 0 amide bonds. The van der Waals surface area contributed by atoms with E-state index in [4.69, 9.17) is 10.5 Å². The van der Waals surface area contributed by atoms with Gasteiger partial charge in [0.05, 0.1) is 13.2 Å². The lowest BCUT2D eigenvalue weighted by Crippen LogP contribution is -2.40. The van der Waals surface area contributed by atoms with Crippen molar-refractivity contribution < 1.29 is 9.13 Å². The Balaban J connectivity index is 0.00000169. The molecule has 1 aromatic heterocycles. The summed E-state index contributed by atoms with van der Waals surface area (Å²) in [6.07, 6.45) is 4.88. The van der Waals surface area contributed by atoms with E-state index in [1.54, 1.807) is 18.5 Å². The maximum atomic E-state index is 14.6. The maximum Gasteiger partial charge on any atom is 0.154 e. The Kier molecular flexibility index (Phi) is 4.56. The zero-order valence-corrected chi connectivity index (χ0v) is 13.1. The van der Waals surface area contributed by atoms with E-state index in [1.807, 2.05) is 6.07 Å². The van der Waals surface area contributed by atoms with E-state index in [0.29, 0.717) is 23.9 Å². The molecule has 1 saturated heterocycles. The van der Waals surface area contributed by atoms with Crippen LogP contribution in [-0.2, 0) is 10.3 Å². The van der Waals surface area contributed by atoms with Gasteiger partial charge in [-0.3, -0.25) is 0 Å². The van der Waals surface area contributed by atoms with Gasteiger partial charge in [0.15, 0.2) is 5.17 Å². The lowest BCUT2D eigenvalue weighted by atomic mass is 9.80. The van der Waals surface area contributed by atoms with Gasteiger partial charge in [-0.1, -0.05) is 25.3 Å². The van der Waals surface area contributed by atoms with E-state index in [-0.39, 0.29) is 19.2 Å². The second-order valence-corrected chi connectivity index (χ2v) is 6.76. The van der Waals surface area contributed by atoms with Crippen molar-refractivity contribution in [3.63, 3.8) is 0 Å². The van der Waals surface area contributed by atoms with Gasteiger partial charge in [-0.15, -0.1) is 0 Å². The molecule has 0 radical (unpaired) electrons. The van der Waals surface area contributed by atoms with E-state index >= 15 is 0 Å². The van der Waals surface area contributed by atoms with Gasteiger partial charge in [0.25, 0.3) is 0 Å². The summed E-state index contributed by atoms with van der Waals surface area (Å²) in [4.78, 5) is 12.6. The summed E-state index contributed by atoms with van der Waals surface area (Å²) in [5.74, 6) is 0.620. The van der Waals surface area contributed by atoms with Crippen LogP contribution in [0.4, 0.5) is 4.39 Å². The number of fused-ring (bicyclic) bond motifs is 1. The average Bonchev–Trinajstić information content (AvgIpc) is 3.00. The third-order valence-corrected chi connectivity index (χ3v) is 5.34. The van der Waals surface area contributed by atoms with Gasteiger partial charge in [0, 0.05) is 35.2 Å². The van der Waals surface area contributed by atoms with Crippen LogP contribution in [0.1, 0.15) is 13.0 Å². The molecule has 0 aliphatic carbocycles. The monoisotopic (exact) mass is 346 g/mol. The van der Waals surface area contributed by atoms with Gasteiger partial charge in [-0.25, -0.2) is 19.4 Å². The highest BCUT2D eigenvalue weighted by Crippen LogP contribution is 2.45. The Morgan fingerprint density at radius 2 is 2.04 bits per heavy atom. The molecule has 7 heteroatoms. The molecule has 0 saturated carbocycles. The fourth-order valence-electron chi connectivity index (χ4n) is 3.18. The van der Waals surface area contributed by atoms with E-state index in [0.717, 1.165) is 16.9 Å². The van der Waals surface area contributed by atoms with Crippen molar-refractivity contribution >= 4 is 16.9 Å². The number of nitrogens with zero attached hydrogens (tertiary/aromatic N) is 3. The number of rotatable bonds is 2. The predicted octanol–water partition coefficient (Wildman–Crippen LogP) is 2.82. The molecule has 1 aromatic carbocycles. The van der Waals surface area contributed by atoms with E-state index in [9.17, 15) is 4.39 Å². The van der Waals surface area contributed by atoms with Crippen molar-refractivity contribution in [3.05, 3.63) is 48.3 Å². The third-order valence-electron chi connectivity index (χ3n) is 4.39. The minimum absolute atomic E-state index is 0. The first kappa shape index (κ1) is 16.9. The molecule has 0 spiro atoms. The molecule has 2 aromatic rings. The zero-order valence-electron chi connectivity index (χ0n) is 12.3. The lowest BCUT2D eigenvalue weighted by molar-refractivity contribution is 0.176. The van der Waals surface area contributed by atoms with Crippen LogP contribution in [0.5, 0.6) is 0 Å². The van der Waals surface area contributed by atoms with Crippen molar-refractivity contribution in [2.75, 3.05) is 19.0 Å². The Morgan fingerprint density at radius 1 is 1.25 bits per heavy atom. The molecule has 2 aliphatic rings. The number of aromatic nitrogens is 2. The first-order chi connectivity index (χ1) is 11.2. The number of hydrogen-bond donors (Lipinski definition) is 1. The second kappa shape index (κ2) is 6.49. The molecular weight excluding hydrogens is 327 g/mol. The van der Waals surface area contributed by atoms with Gasteiger partial charge in [0.2, 0.25) is 0 Å². The van der Waals surface area contributed by atoms with E-state index in [1.165, 1.54) is 24.2 Å². The van der Waals surface area contributed by atoms with E-state index < -0.39 is 5.54 Å². The van der Waals surface area contributed by atoms with Crippen molar-refractivity contribution in [2.24, 2.45) is 16.6 Å². The highest BCUT2D eigenvalue weighted by atomic mass is 32.2. The largest absolute Gasteiger partial charge is 0.379 e. The number of ether oxygens (including phenoxy) is 1. The third kappa shape index (κ3) is 2.67. The average molecular weight is 346 g/mol. The number of thioether (sulfide) groups is 1. The Hall–Kier alpha value is -1.99. The van der Waals surface area contributed by atoms with Crippen molar-refractivity contribution in [1.82, 2.24) is 9.97 Å². The fourth-order valence-corrected chi connectivity index (χ4v) is 4.15. The van der Waals surface area contributed by atoms with Gasteiger partial charge in [-0.2, -0.15) is 0 Å². The number of nitrogens with two attached hydrogens (primary N) is 1. The molecular formula is C17H19FN4OS. The predicted molar refractivity (Wildman–Crippen MR) is 94.2 cm³/mol. The summed E-state index contributed by atoms with van der Waals surface area (Å²) < 4.78 is 20.3. The molecule has 24 heavy (non-hydrogen) atoms. The van der Waals surface area contributed by atoms with Crippen LogP contribution in [0.15, 0.2) is 41.9 Å². The fraction of sp³-hybridized carbons (Fsp3) is 0.353. The highest BCUT2D eigenvalue weighted by molar-refractivity contribution is 8.13. The molecule has 2 N–H and O–H groups in total. The smallest absolute Gasteiger partial charge is 0.154 e. The first-order valence-electron chi connectivity index (χ1n) is 7.30. The topological polar surface area (TPSA) is 73.4 Å².